The molecule has 0 bridgehead atoms. The fourth-order valence-electron chi connectivity index (χ4n) is 6.42. The van der Waals surface area contributed by atoms with Gasteiger partial charge in [-0.1, -0.05) is 33.8 Å². The highest BCUT2D eigenvalue weighted by atomic mass is 19.4. The predicted molar refractivity (Wildman–Crippen MR) is 132 cm³/mol. The molecule has 3 atom stereocenters. The van der Waals surface area contributed by atoms with Crippen LogP contribution >= 0.6 is 0 Å². The molecule has 1 saturated heterocycles. The van der Waals surface area contributed by atoms with Gasteiger partial charge in [0.15, 0.2) is 0 Å². The van der Waals surface area contributed by atoms with Crippen molar-refractivity contribution in [3.05, 3.63) is 63.2 Å². The summed E-state index contributed by atoms with van der Waals surface area (Å²) in [6, 6.07) is 2.85. The van der Waals surface area contributed by atoms with Gasteiger partial charge in [0.25, 0.3) is 0 Å². The zero-order valence-electron chi connectivity index (χ0n) is 22.6. The minimum Gasteiger partial charge on any atom is -0.455 e. The molecular formula is C29H33F4NO5. The van der Waals surface area contributed by atoms with Gasteiger partial charge in [0.2, 0.25) is 0 Å². The first-order valence-corrected chi connectivity index (χ1v) is 13.2. The first kappa shape index (κ1) is 28.0. The number of benzene rings is 1. The minimum atomic E-state index is -4.83. The largest absolute Gasteiger partial charge is 0.455 e. The third-order valence-electron chi connectivity index (χ3n) is 8.14. The number of aromatic nitrogens is 1. The number of esters is 1. The number of halogens is 4. The van der Waals surface area contributed by atoms with E-state index < -0.39 is 52.9 Å². The van der Waals surface area contributed by atoms with Crippen molar-refractivity contribution in [1.82, 2.24) is 4.98 Å². The first-order chi connectivity index (χ1) is 18.2. The Bertz CT molecular complexity index is 1300. The molecule has 2 aromatic rings. The fraction of sp³-hybridized carbons (Fsp3) is 0.586. The van der Waals surface area contributed by atoms with Gasteiger partial charge in [0.05, 0.1) is 23.0 Å². The Hall–Kier alpha value is -2.56. The number of rotatable bonds is 3. The third-order valence-corrected chi connectivity index (χ3v) is 8.14. The summed E-state index contributed by atoms with van der Waals surface area (Å²) in [5.41, 5.74) is 0.274. The first-order valence-electron chi connectivity index (χ1n) is 13.2. The number of ether oxygens (including phenoxy) is 3. The number of pyridine rings is 1. The fourth-order valence-corrected chi connectivity index (χ4v) is 6.42. The molecule has 10 heteroatoms. The number of aliphatic hydroxyl groups is 1. The molecule has 6 nitrogen and oxygen atoms in total. The number of nitrogens with zero attached hydrogens (tertiary/aromatic N) is 1. The van der Waals surface area contributed by atoms with Crippen molar-refractivity contribution >= 4 is 5.97 Å². The monoisotopic (exact) mass is 551 g/mol. The summed E-state index contributed by atoms with van der Waals surface area (Å²) < 4.78 is 72.8. The van der Waals surface area contributed by atoms with E-state index in [4.69, 9.17) is 19.2 Å². The number of aliphatic hydroxyl groups excluding tert-OH is 1. The predicted octanol–water partition coefficient (Wildman–Crippen LogP) is 6.56. The van der Waals surface area contributed by atoms with Gasteiger partial charge < -0.3 is 19.3 Å². The maximum atomic E-state index is 14.8. The summed E-state index contributed by atoms with van der Waals surface area (Å²) in [4.78, 5) is 17.1. The Kier molecular flexibility index (Phi) is 6.83. The lowest BCUT2D eigenvalue weighted by Crippen LogP contribution is -2.39. The smallest absolute Gasteiger partial charge is 0.419 e. The zero-order chi connectivity index (χ0) is 28.5. The molecule has 1 aliphatic carbocycles. The maximum absolute atomic E-state index is 14.8. The molecule has 1 N–H and O–H groups in total. The van der Waals surface area contributed by atoms with E-state index in [1.807, 2.05) is 27.7 Å². The Morgan fingerprint density at radius 3 is 2.41 bits per heavy atom. The molecule has 1 aromatic carbocycles. The van der Waals surface area contributed by atoms with Gasteiger partial charge in [-0.25, -0.2) is 4.39 Å². The molecule has 1 spiro atoms. The lowest BCUT2D eigenvalue weighted by molar-refractivity contribution is -0.157. The molecule has 0 amide bonds. The number of carbonyl (C=O) groups excluding carboxylic acids is 1. The van der Waals surface area contributed by atoms with Gasteiger partial charge in [-0.15, -0.1) is 0 Å². The van der Waals surface area contributed by atoms with Crippen molar-refractivity contribution < 1.29 is 41.7 Å². The summed E-state index contributed by atoms with van der Waals surface area (Å²) in [5.74, 6) is -2.02. The summed E-state index contributed by atoms with van der Waals surface area (Å²) in [6.45, 7) is 9.75. The number of alkyl halides is 3. The molecule has 0 radical (unpaired) electrons. The molecule has 1 aromatic heterocycles. The zero-order valence-corrected chi connectivity index (χ0v) is 22.6. The van der Waals surface area contributed by atoms with E-state index in [-0.39, 0.29) is 11.5 Å². The van der Waals surface area contributed by atoms with E-state index >= 15 is 0 Å². The van der Waals surface area contributed by atoms with Crippen LogP contribution in [-0.4, -0.2) is 29.3 Å². The van der Waals surface area contributed by atoms with Crippen LogP contribution in [0.15, 0.2) is 18.2 Å². The molecule has 0 saturated carbocycles. The van der Waals surface area contributed by atoms with Crippen molar-refractivity contribution in [1.29, 1.82) is 0 Å². The van der Waals surface area contributed by atoms with Crippen LogP contribution in [0.5, 0.6) is 0 Å². The van der Waals surface area contributed by atoms with Crippen LogP contribution in [0.25, 0.3) is 0 Å². The Labute approximate surface area is 224 Å². The van der Waals surface area contributed by atoms with Crippen LogP contribution in [0.2, 0.25) is 0 Å². The summed E-state index contributed by atoms with van der Waals surface area (Å²) >= 11 is 0. The SMILES string of the molecule is CC(=O)O[C@@H]1c2nc(C(C)C)c3c(c2C(O)CC1(C)C)C1(CCOCC1)O[C@@H]3c1ccc(C(F)(F)F)c(F)c1. The van der Waals surface area contributed by atoms with E-state index in [9.17, 15) is 27.5 Å². The van der Waals surface area contributed by atoms with Crippen molar-refractivity contribution in [2.45, 2.75) is 89.9 Å². The number of carbonyl (C=O) groups is 1. The van der Waals surface area contributed by atoms with E-state index in [0.29, 0.717) is 60.6 Å². The quantitative estimate of drug-likeness (QED) is 0.344. The maximum Gasteiger partial charge on any atom is 0.419 e. The van der Waals surface area contributed by atoms with Gasteiger partial charge in [-0.05, 0) is 35.6 Å². The normalized spacial score (nSPS) is 25.5. The van der Waals surface area contributed by atoms with Crippen molar-refractivity contribution in [2.75, 3.05) is 13.2 Å². The molecule has 3 heterocycles. The van der Waals surface area contributed by atoms with Gasteiger partial charge in [0, 0.05) is 55.2 Å². The second-order valence-corrected chi connectivity index (χ2v) is 11.8. The van der Waals surface area contributed by atoms with Gasteiger partial charge >= 0.3 is 12.1 Å². The standard InChI is InChI=1S/C29H33F4NO5/c1-14(2)23-21-22(20-19(36)13-27(4,5)26(24(20)34-23)38-15(3)35)28(8-10-37-11-9-28)39-25(21)16-6-7-17(18(30)12-16)29(31,32)33/h6-7,12,14,19,25-26,36H,8-11,13H2,1-5H3/t19?,25-,26-/m1/s1. The summed E-state index contributed by atoms with van der Waals surface area (Å²) in [6.07, 6.45) is -6.25. The van der Waals surface area contributed by atoms with Crippen molar-refractivity contribution in [3.63, 3.8) is 0 Å². The van der Waals surface area contributed by atoms with Gasteiger partial charge in [-0.2, -0.15) is 13.2 Å². The number of hydrogen-bond donors (Lipinski definition) is 1. The Morgan fingerprint density at radius 2 is 1.85 bits per heavy atom. The van der Waals surface area contributed by atoms with Crippen LogP contribution in [-0.2, 0) is 30.8 Å². The molecule has 212 valence electrons. The molecule has 5 rings (SSSR count). The van der Waals surface area contributed by atoms with E-state index in [1.54, 1.807) is 0 Å². The molecule has 3 aliphatic rings. The molecule has 39 heavy (non-hydrogen) atoms. The van der Waals surface area contributed by atoms with Crippen LogP contribution in [0.4, 0.5) is 17.6 Å². The van der Waals surface area contributed by atoms with Crippen molar-refractivity contribution in [2.24, 2.45) is 5.41 Å². The lowest BCUT2D eigenvalue weighted by atomic mass is 9.68. The van der Waals surface area contributed by atoms with Gasteiger partial charge in [-0.3, -0.25) is 9.78 Å². The highest BCUT2D eigenvalue weighted by Gasteiger charge is 2.54. The Morgan fingerprint density at radius 1 is 1.18 bits per heavy atom. The lowest BCUT2D eigenvalue weighted by Gasteiger charge is -2.43. The molecule has 1 unspecified atom stereocenters. The molecule has 1 fully saturated rings. The molecular weight excluding hydrogens is 518 g/mol. The highest BCUT2D eigenvalue weighted by Crippen LogP contribution is 2.60. The third kappa shape index (κ3) is 4.64. The second kappa shape index (κ2) is 9.52. The van der Waals surface area contributed by atoms with Crippen LogP contribution in [0.3, 0.4) is 0 Å². The van der Waals surface area contributed by atoms with Crippen LogP contribution in [0, 0.1) is 11.2 Å². The van der Waals surface area contributed by atoms with Gasteiger partial charge in [0.1, 0.15) is 18.0 Å². The van der Waals surface area contributed by atoms with Crippen LogP contribution < -0.4 is 0 Å². The topological polar surface area (TPSA) is 77.9 Å². The number of fused-ring (bicyclic) bond motifs is 4. The van der Waals surface area contributed by atoms with E-state index in [0.717, 1.165) is 12.1 Å². The van der Waals surface area contributed by atoms with E-state index in [1.165, 1.54) is 13.0 Å². The average Bonchev–Trinajstić information content (AvgIpc) is 3.14. The highest BCUT2D eigenvalue weighted by molar-refractivity contribution is 5.67. The van der Waals surface area contributed by atoms with Crippen molar-refractivity contribution in [3.8, 4) is 0 Å². The summed E-state index contributed by atoms with van der Waals surface area (Å²) in [7, 11) is 0. The Balaban J connectivity index is 1.80. The number of hydrogen-bond acceptors (Lipinski definition) is 6. The molecule has 2 aliphatic heterocycles. The second-order valence-electron chi connectivity index (χ2n) is 11.8. The van der Waals surface area contributed by atoms with E-state index in [2.05, 4.69) is 0 Å². The minimum absolute atomic E-state index is 0.162. The average molecular weight is 552 g/mol. The van der Waals surface area contributed by atoms with Crippen LogP contribution in [0.1, 0.15) is 117 Å². The summed E-state index contributed by atoms with van der Waals surface area (Å²) in [5, 5.41) is 11.5.